The molecule has 1 amide bonds. The lowest BCUT2D eigenvalue weighted by atomic mass is 10.1. The first-order valence-electron chi connectivity index (χ1n) is 5.64. The van der Waals surface area contributed by atoms with Gasteiger partial charge in [0.25, 0.3) is 0 Å². The van der Waals surface area contributed by atoms with Crippen molar-refractivity contribution in [1.29, 1.82) is 0 Å². The maximum atomic E-state index is 11.6. The number of hydrogen-bond donors (Lipinski definition) is 2. The molecule has 0 bridgehead atoms. The Balaban J connectivity index is 2.44. The Morgan fingerprint density at radius 1 is 1.47 bits per heavy atom. The monoisotopic (exact) mass is 239 g/mol. The third-order valence-electron chi connectivity index (χ3n) is 2.48. The van der Waals surface area contributed by atoms with E-state index in [0.717, 1.165) is 12.8 Å². The van der Waals surface area contributed by atoms with Crippen LogP contribution in [0.5, 0.6) is 0 Å². The van der Waals surface area contributed by atoms with Gasteiger partial charge >= 0.3 is 5.97 Å². The summed E-state index contributed by atoms with van der Waals surface area (Å²) in [5, 5.41) is 11.4. The van der Waals surface area contributed by atoms with Crippen molar-refractivity contribution in [3.05, 3.63) is 23.7 Å². The average Bonchev–Trinajstić information content (AvgIpc) is 2.75. The highest BCUT2D eigenvalue weighted by Gasteiger charge is 2.13. The van der Waals surface area contributed by atoms with Gasteiger partial charge in [-0.2, -0.15) is 0 Å². The molecular formula is C12H17NO4. The first kappa shape index (κ1) is 13.3. The second-order valence-corrected chi connectivity index (χ2v) is 3.98. The highest BCUT2D eigenvalue weighted by molar-refractivity contribution is 5.84. The maximum Gasteiger partial charge on any atom is 0.371 e. The summed E-state index contributed by atoms with van der Waals surface area (Å²) >= 11 is 0. The fraction of sp³-hybridized carbons (Fsp3) is 0.500. The second-order valence-electron chi connectivity index (χ2n) is 3.98. The van der Waals surface area contributed by atoms with Gasteiger partial charge in [0.2, 0.25) is 11.7 Å². The molecule has 1 unspecified atom stereocenters. The van der Waals surface area contributed by atoms with Crippen molar-refractivity contribution in [1.82, 2.24) is 5.32 Å². The number of carbonyl (C=O) groups excluding carboxylic acids is 1. The van der Waals surface area contributed by atoms with Crippen LogP contribution >= 0.6 is 0 Å². The summed E-state index contributed by atoms with van der Waals surface area (Å²) in [5.41, 5.74) is 0. The summed E-state index contributed by atoms with van der Waals surface area (Å²) in [6.45, 7) is 4.11. The SMILES string of the molecule is CCCC(C)C(=O)NCc1ccc(C(=O)O)o1. The molecule has 0 aliphatic carbocycles. The van der Waals surface area contributed by atoms with Gasteiger partial charge in [-0.3, -0.25) is 4.79 Å². The van der Waals surface area contributed by atoms with Gasteiger partial charge in [0, 0.05) is 5.92 Å². The number of nitrogens with one attached hydrogen (secondary N) is 1. The molecule has 17 heavy (non-hydrogen) atoms. The minimum absolute atomic E-state index is 0.0334. The third kappa shape index (κ3) is 3.94. The molecule has 0 fully saturated rings. The van der Waals surface area contributed by atoms with E-state index in [9.17, 15) is 9.59 Å². The van der Waals surface area contributed by atoms with Crippen LogP contribution in [0.1, 0.15) is 43.0 Å². The predicted molar refractivity (Wildman–Crippen MR) is 61.6 cm³/mol. The largest absolute Gasteiger partial charge is 0.475 e. The molecule has 1 rings (SSSR count). The van der Waals surface area contributed by atoms with Gasteiger partial charge in [0.05, 0.1) is 6.54 Å². The van der Waals surface area contributed by atoms with E-state index in [1.807, 2.05) is 13.8 Å². The number of carboxylic acid groups (broad SMARTS) is 1. The van der Waals surface area contributed by atoms with Crippen LogP contribution in [0, 0.1) is 5.92 Å². The Bertz CT molecular complexity index is 397. The number of furan rings is 1. The zero-order valence-electron chi connectivity index (χ0n) is 10.0. The Labute approximate surface area is 99.8 Å². The lowest BCUT2D eigenvalue weighted by Crippen LogP contribution is -2.28. The van der Waals surface area contributed by atoms with Crippen molar-refractivity contribution in [3.63, 3.8) is 0 Å². The van der Waals surface area contributed by atoms with E-state index >= 15 is 0 Å². The number of carbonyl (C=O) groups is 2. The van der Waals surface area contributed by atoms with Gasteiger partial charge in [-0.1, -0.05) is 20.3 Å². The topological polar surface area (TPSA) is 79.5 Å². The van der Waals surface area contributed by atoms with E-state index in [1.165, 1.54) is 6.07 Å². The standard InChI is InChI=1S/C12H17NO4/c1-3-4-8(2)11(14)13-7-9-5-6-10(17-9)12(15)16/h5-6,8H,3-4,7H2,1-2H3,(H,13,14)(H,15,16). The molecule has 1 aromatic rings. The Morgan fingerprint density at radius 3 is 2.71 bits per heavy atom. The van der Waals surface area contributed by atoms with Crippen molar-refractivity contribution < 1.29 is 19.1 Å². The first-order valence-corrected chi connectivity index (χ1v) is 5.64. The van der Waals surface area contributed by atoms with Crippen LogP contribution < -0.4 is 5.32 Å². The van der Waals surface area contributed by atoms with Crippen LogP contribution in [0.2, 0.25) is 0 Å². The molecule has 5 heteroatoms. The normalized spacial score (nSPS) is 12.1. The number of amides is 1. The summed E-state index contributed by atoms with van der Waals surface area (Å²) < 4.78 is 5.02. The van der Waals surface area contributed by atoms with Crippen LogP contribution in [0.4, 0.5) is 0 Å². The summed E-state index contributed by atoms with van der Waals surface area (Å²) in [4.78, 5) is 22.1. The first-order chi connectivity index (χ1) is 8.04. The minimum atomic E-state index is -1.11. The van der Waals surface area contributed by atoms with Crippen molar-refractivity contribution in [3.8, 4) is 0 Å². The van der Waals surface area contributed by atoms with E-state index in [1.54, 1.807) is 6.07 Å². The van der Waals surface area contributed by atoms with E-state index in [4.69, 9.17) is 9.52 Å². The quantitative estimate of drug-likeness (QED) is 0.796. The smallest absolute Gasteiger partial charge is 0.371 e. The zero-order chi connectivity index (χ0) is 12.8. The second kappa shape index (κ2) is 6.08. The van der Waals surface area contributed by atoms with Gasteiger partial charge < -0.3 is 14.8 Å². The van der Waals surface area contributed by atoms with Gasteiger partial charge in [-0.05, 0) is 18.6 Å². The molecule has 5 nitrogen and oxygen atoms in total. The van der Waals surface area contributed by atoms with Crippen LogP contribution in [0.15, 0.2) is 16.5 Å². The molecule has 0 saturated carbocycles. The summed E-state index contributed by atoms with van der Waals surface area (Å²) in [7, 11) is 0. The summed E-state index contributed by atoms with van der Waals surface area (Å²) in [5.74, 6) is -0.855. The van der Waals surface area contributed by atoms with Crippen LogP contribution in [-0.2, 0) is 11.3 Å². The van der Waals surface area contributed by atoms with Crippen LogP contribution in [0.3, 0.4) is 0 Å². The molecule has 0 aliphatic heterocycles. The van der Waals surface area contributed by atoms with Gasteiger partial charge in [-0.25, -0.2) is 4.79 Å². The minimum Gasteiger partial charge on any atom is -0.475 e. The fourth-order valence-corrected chi connectivity index (χ4v) is 1.50. The summed E-state index contributed by atoms with van der Waals surface area (Å²) in [6.07, 6.45) is 1.79. The lowest BCUT2D eigenvalue weighted by molar-refractivity contribution is -0.124. The summed E-state index contributed by atoms with van der Waals surface area (Å²) in [6, 6.07) is 2.92. The van der Waals surface area contributed by atoms with Crippen molar-refractivity contribution >= 4 is 11.9 Å². The Kier molecular flexibility index (Phi) is 4.75. The number of aromatic carboxylic acids is 1. The van der Waals surface area contributed by atoms with E-state index in [2.05, 4.69) is 5.32 Å². The highest BCUT2D eigenvalue weighted by Crippen LogP contribution is 2.09. The Morgan fingerprint density at radius 2 is 2.18 bits per heavy atom. The molecule has 0 aliphatic rings. The molecule has 0 saturated heterocycles. The van der Waals surface area contributed by atoms with E-state index in [-0.39, 0.29) is 24.1 Å². The van der Waals surface area contributed by atoms with Gasteiger partial charge in [0.1, 0.15) is 5.76 Å². The molecule has 0 aromatic carbocycles. The zero-order valence-corrected chi connectivity index (χ0v) is 10.0. The molecule has 2 N–H and O–H groups in total. The van der Waals surface area contributed by atoms with Crippen LogP contribution in [-0.4, -0.2) is 17.0 Å². The molecular weight excluding hydrogens is 222 g/mol. The maximum absolute atomic E-state index is 11.6. The lowest BCUT2D eigenvalue weighted by Gasteiger charge is -2.09. The number of rotatable bonds is 6. The fourth-order valence-electron chi connectivity index (χ4n) is 1.50. The van der Waals surface area contributed by atoms with Crippen LogP contribution in [0.25, 0.3) is 0 Å². The van der Waals surface area contributed by atoms with E-state index < -0.39 is 5.97 Å². The van der Waals surface area contributed by atoms with Crippen molar-refractivity contribution in [2.75, 3.05) is 0 Å². The van der Waals surface area contributed by atoms with Crippen molar-refractivity contribution in [2.45, 2.75) is 33.2 Å². The molecule has 1 aromatic heterocycles. The third-order valence-corrected chi connectivity index (χ3v) is 2.48. The number of hydrogen-bond acceptors (Lipinski definition) is 3. The van der Waals surface area contributed by atoms with Crippen molar-refractivity contribution in [2.24, 2.45) is 5.92 Å². The molecule has 94 valence electrons. The average molecular weight is 239 g/mol. The molecule has 1 atom stereocenters. The van der Waals surface area contributed by atoms with Gasteiger partial charge in [-0.15, -0.1) is 0 Å². The highest BCUT2D eigenvalue weighted by atomic mass is 16.4. The Hall–Kier alpha value is -1.78. The molecule has 1 heterocycles. The molecule has 0 spiro atoms. The number of carboxylic acids is 1. The van der Waals surface area contributed by atoms with Gasteiger partial charge in [0.15, 0.2) is 0 Å². The molecule has 0 radical (unpaired) electrons. The predicted octanol–water partition coefficient (Wildman–Crippen LogP) is 2.03. The van der Waals surface area contributed by atoms with E-state index in [0.29, 0.717) is 5.76 Å².